The standard InChI is InChI=1S/C15H21BrFN3O2S/c1-14(2)13(18)20-15(3,9-23(14,22)19-6-7-21)11-8-10(16)4-5-12(11)17/h4-5,8,21H,6-7,9H2,1-3H3,(H2,18,20)/t15-,23-/m0/s1. The molecule has 0 saturated heterocycles. The van der Waals surface area contributed by atoms with Crippen LogP contribution in [-0.2, 0) is 15.3 Å². The summed E-state index contributed by atoms with van der Waals surface area (Å²) in [7, 11) is -2.84. The molecule has 0 spiro atoms. The summed E-state index contributed by atoms with van der Waals surface area (Å²) in [6.07, 6.45) is 0. The quantitative estimate of drug-likeness (QED) is 0.808. The fourth-order valence-corrected chi connectivity index (χ4v) is 5.47. The van der Waals surface area contributed by atoms with Crippen LogP contribution >= 0.6 is 15.9 Å². The van der Waals surface area contributed by atoms with Crippen LogP contribution in [0.5, 0.6) is 0 Å². The van der Waals surface area contributed by atoms with Crippen molar-refractivity contribution in [3.63, 3.8) is 0 Å². The summed E-state index contributed by atoms with van der Waals surface area (Å²) >= 11 is 3.32. The SMILES string of the molecule is CC1(C)C(N)=N[C@](C)(c2cc(Br)ccc2F)C[S@@]1(=O)=NCCO. The number of rotatable bonds is 3. The van der Waals surface area contributed by atoms with E-state index in [1.54, 1.807) is 32.9 Å². The second kappa shape index (κ2) is 6.14. The van der Waals surface area contributed by atoms with Crippen LogP contribution in [0.2, 0.25) is 0 Å². The van der Waals surface area contributed by atoms with Crippen LogP contribution in [0, 0.1) is 5.82 Å². The molecule has 128 valence electrons. The highest BCUT2D eigenvalue weighted by molar-refractivity contribution is 9.10. The van der Waals surface area contributed by atoms with E-state index in [4.69, 9.17) is 10.8 Å². The Labute approximate surface area is 144 Å². The van der Waals surface area contributed by atoms with Gasteiger partial charge in [0.25, 0.3) is 0 Å². The fourth-order valence-electron chi connectivity index (χ4n) is 2.60. The highest BCUT2D eigenvalue weighted by atomic mass is 79.9. The summed E-state index contributed by atoms with van der Waals surface area (Å²) in [6, 6.07) is 4.55. The van der Waals surface area contributed by atoms with Crippen molar-refractivity contribution in [1.82, 2.24) is 0 Å². The first kappa shape index (κ1) is 18.4. The smallest absolute Gasteiger partial charge is 0.128 e. The molecule has 1 aromatic carbocycles. The first-order valence-corrected chi connectivity index (χ1v) is 9.66. The molecule has 2 atom stereocenters. The monoisotopic (exact) mass is 405 g/mol. The number of nitrogens with two attached hydrogens (primary N) is 1. The minimum absolute atomic E-state index is 0.0427. The lowest BCUT2D eigenvalue weighted by molar-refractivity contribution is 0.307. The van der Waals surface area contributed by atoms with Crippen LogP contribution < -0.4 is 5.73 Å². The largest absolute Gasteiger partial charge is 0.394 e. The Balaban J connectivity index is 2.68. The van der Waals surface area contributed by atoms with E-state index >= 15 is 0 Å². The first-order chi connectivity index (χ1) is 10.6. The van der Waals surface area contributed by atoms with Crippen molar-refractivity contribution in [3.05, 3.63) is 34.1 Å². The molecular formula is C15H21BrFN3O2S. The number of hydrogen-bond acceptors (Lipinski definition) is 5. The maximum atomic E-state index is 14.3. The Hall–Kier alpha value is -0.990. The van der Waals surface area contributed by atoms with E-state index < -0.39 is 25.8 Å². The van der Waals surface area contributed by atoms with Gasteiger partial charge < -0.3 is 10.8 Å². The van der Waals surface area contributed by atoms with E-state index in [0.717, 1.165) is 0 Å². The van der Waals surface area contributed by atoms with E-state index in [1.807, 2.05) is 0 Å². The third-order valence-electron chi connectivity index (χ3n) is 4.17. The zero-order valence-corrected chi connectivity index (χ0v) is 15.7. The van der Waals surface area contributed by atoms with Crippen LogP contribution in [0.1, 0.15) is 26.3 Å². The van der Waals surface area contributed by atoms with E-state index in [1.165, 1.54) is 6.07 Å². The first-order valence-electron chi connectivity index (χ1n) is 7.18. The Morgan fingerprint density at radius 3 is 2.74 bits per heavy atom. The molecule has 23 heavy (non-hydrogen) atoms. The molecule has 3 N–H and O–H groups in total. The zero-order chi connectivity index (χ0) is 17.5. The molecule has 0 aliphatic carbocycles. The highest BCUT2D eigenvalue weighted by Crippen LogP contribution is 2.39. The second-order valence-electron chi connectivity index (χ2n) is 6.27. The molecule has 0 radical (unpaired) electrons. The van der Waals surface area contributed by atoms with Crippen molar-refractivity contribution in [3.8, 4) is 0 Å². The van der Waals surface area contributed by atoms with Crippen LogP contribution in [-0.4, -0.2) is 38.8 Å². The molecule has 1 aliphatic rings. The Morgan fingerprint density at radius 2 is 2.13 bits per heavy atom. The molecule has 0 unspecified atom stereocenters. The molecule has 1 aliphatic heterocycles. The van der Waals surface area contributed by atoms with E-state index in [-0.39, 0.29) is 24.7 Å². The number of aliphatic hydroxyl groups is 1. The van der Waals surface area contributed by atoms with Crippen molar-refractivity contribution >= 4 is 31.5 Å². The molecule has 2 rings (SSSR count). The van der Waals surface area contributed by atoms with Gasteiger partial charge in [-0.05, 0) is 39.0 Å². The second-order valence-corrected chi connectivity index (χ2v) is 10.0. The number of nitrogens with zero attached hydrogens (tertiary/aromatic N) is 2. The lowest BCUT2D eigenvalue weighted by Crippen LogP contribution is -2.55. The van der Waals surface area contributed by atoms with Crippen molar-refractivity contribution in [2.45, 2.75) is 31.1 Å². The summed E-state index contributed by atoms with van der Waals surface area (Å²) in [5.41, 5.74) is 5.31. The van der Waals surface area contributed by atoms with Gasteiger partial charge in [-0.3, -0.25) is 4.99 Å². The number of amidine groups is 1. The third kappa shape index (κ3) is 3.16. The topological polar surface area (TPSA) is 88.0 Å². The molecule has 0 aromatic heterocycles. The summed E-state index contributed by atoms with van der Waals surface area (Å²) in [6.45, 7) is 4.98. The molecule has 0 amide bonds. The van der Waals surface area contributed by atoms with E-state index in [2.05, 4.69) is 25.3 Å². The van der Waals surface area contributed by atoms with Crippen molar-refractivity contribution in [2.24, 2.45) is 15.1 Å². The molecule has 1 heterocycles. The Morgan fingerprint density at radius 1 is 1.48 bits per heavy atom. The summed E-state index contributed by atoms with van der Waals surface area (Å²) in [4.78, 5) is 4.47. The highest BCUT2D eigenvalue weighted by Gasteiger charge is 2.47. The fraction of sp³-hybridized carbons (Fsp3) is 0.533. The normalized spacial score (nSPS) is 29.9. The minimum Gasteiger partial charge on any atom is -0.394 e. The summed E-state index contributed by atoms with van der Waals surface area (Å²) in [5.74, 6) is -0.214. The van der Waals surface area contributed by atoms with Gasteiger partial charge in [-0.25, -0.2) is 13.0 Å². The Kier molecular flexibility index (Phi) is 4.90. The zero-order valence-electron chi connectivity index (χ0n) is 13.3. The molecular weight excluding hydrogens is 385 g/mol. The molecule has 0 bridgehead atoms. The predicted octanol–water partition coefficient (Wildman–Crippen LogP) is 2.41. The predicted molar refractivity (Wildman–Crippen MR) is 94.5 cm³/mol. The maximum Gasteiger partial charge on any atom is 0.128 e. The van der Waals surface area contributed by atoms with Gasteiger partial charge in [0, 0.05) is 10.0 Å². The minimum atomic E-state index is -2.84. The van der Waals surface area contributed by atoms with Crippen LogP contribution in [0.4, 0.5) is 4.39 Å². The van der Waals surface area contributed by atoms with Gasteiger partial charge in [-0.2, -0.15) is 0 Å². The van der Waals surface area contributed by atoms with Crippen LogP contribution in [0.25, 0.3) is 0 Å². The average Bonchev–Trinajstić information content (AvgIpc) is 2.46. The van der Waals surface area contributed by atoms with Gasteiger partial charge >= 0.3 is 0 Å². The molecule has 0 fully saturated rings. The Bertz CT molecular complexity index is 772. The number of aliphatic hydroxyl groups excluding tert-OH is 1. The maximum absolute atomic E-state index is 14.3. The molecule has 0 saturated carbocycles. The molecule has 1 aromatic rings. The van der Waals surface area contributed by atoms with Crippen molar-refractivity contribution < 1.29 is 13.7 Å². The number of halogens is 2. The van der Waals surface area contributed by atoms with Crippen molar-refractivity contribution in [2.75, 3.05) is 18.9 Å². The van der Waals surface area contributed by atoms with Gasteiger partial charge in [0.15, 0.2) is 0 Å². The van der Waals surface area contributed by atoms with Gasteiger partial charge in [0.2, 0.25) is 0 Å². The lowest BCUT2D eigenvalue weighted by atomic mass is 9.93. The van der Waals surface area contributed by atoms with Gasteiger partial charge in [0.05, 0.1) is 28.6 Å². The molecule has 5 nitrogen and oxygen atoms in total. The summed E-state index contributed by atoms with van der Waals surface area (Å²) in [5, 5.41) is 9.03. The van der Waals surface area contributed by atoms with E-state index in [0.29, 0.717) is 10.0 Å². The average molecular weight is 406 g/mol. The van der Waals surface area contributed by atoms with Crippen LogP contribution in [0.15, 0.2) is 32.0 Å². The van der Waals surface area contributed by atoms with Gasteiger partial charge in [-0.1, -0.05) is 15.9 Å². The number of benzene rings is 1. The summed E-state index contributed by atoms with van der Waals surface area (Å²) < 4.78 is 31.7. The lowest BCUT2D eigenvalue weighted by Gasteiger charge is -2.40. The number of hydrogen-bond donors (Lipinski definition) is 2. The number of aliphatic imine (C=N–C) groups is 1. The third-order valence-corrected chi connectivity index (χ3v) is 8.02. The van der Waals surface area contributed by atoms with Crippen LogP contribution in [0.3, 0.4) is 0 Å². The van der Waals surface area contributed by atoms with Gasteiger partial charge in [0.1, 0.15) is 21.9 Å². The van der Waals surface area contributed by atoms with Gasteiger partial charge in [-0.15, -0.1) is 0 Å². The van der Waals surface area contributed by atoms with Crippen molar-refractivity contribution in [1.29, 1.82) is 0 Å². The van der Waals surface area contributed by atoms with E-state index in [9.17, 15) is 8.60 Å². The molecule has 8 heteroatoms.